The zero-order valence-electron chi connectivity index (χ0n) is 11.8. The molecule has 1 aromatic rings. The van der Waals surface area contributed by atoms with Crippen molar-refractivity contribution in [2.45, 2.75) is 45.1 Å². The lowest BCUT2D eigenvalue weighted by Gasteiger charge is -2.38. The molecule has 0 saturated carbocycles. The highest BCUT2D eigenvalue weighted by Gasteiger charge is 2.40. The number of aromatic nitrogens is 2. The molecule has 0 atom stereocenters. The summed E-state index contributed by atoms with van der Waals surface area (Å²) in [6, 6.07) is 2.53. The van der Waals surface area contributed by atoms with Crippen molar-refractivity contribution < 1.29 is 9.47 Å². The summed E-state index contributed by atoms with van der Waals surface area (Å²) < 4.78 is 13.6. The summed E-state index contributed by atoms with van der Waals surface area (Å²) in [6.45, 7) is 8.60. The van der Waals surface area contributed by atoms with Gasteiger partial charge in [0.1, 0.15) is 0 Å². The van der Waals surface area contributed by atoms with Crippen molar-refractivity contribution in [3.8, 4) is 0 Å². The van der Waals surface area contributed by atoms with Crippen molar-refractivity contribution >= 4 is 0 Å². The van der Waals surface area contributed by atoms with Crippen LogP contribution in [0.4, 0.5) is 0 Å². The van der Waals surface area contributed by atoms with Crippen molar-refractivity contribution in [1.29, 1.82) is 0 Å². The maximum atomic E-state index is 5.80. The minimum absolute atomic E-state index is 0.334. The first-order valence-corrected chi connectivity index (χ1v) is 7.21. The third-order valence-corrected chi connectivity index (χ3v) is 3.89. The maximum absolute atomic E-state index is 5.80. The summed E-state index contributed by atoms with van der Waals surface area (Å²) in [5, 5.41) is 4.61. The molecule has 106 valence electrons. The fraction of sp³-hybridized carbons (Fsp3) is 0.786. The van der Waals surface area contributed by atoms with E-state index in [0.717, 1.165) is 51.4 Å². The Balaban J connectivity index is 1.62. The average Bonchev–Trinajstić information content (AvgIpc) is 3.00. The Kier molecular flexibility index (Phi) is 3.60. The van der Waals surface area contributed by atoms with Gasteiger partial charge in [0.05, 0.1) is 25.5 Å². The van der Waals surface area contributed by atoms with Gasteiger partial charge in [-0.1, -0.05) is 0 Å². The SMILES string of the molecule is CC(C)n1ccc(CN2CCCC3(C2)OCCO3)n1. The zero-order chi connectivity index (χ0) is 13.3. The largest absolute Gasteiger partial charge is 0.346 e. The number of piperidine rings is 1. The van der Waals surface area contributed by atoms with Crippen LogP contribution in [0.15, 0.2) is 12.3 Å². The molecule has 0 N–H and O–H groups in total. The molecule has 3 heterocycles. The molecule has 0 bridgehead atoms. The van der Waals surface area contributed by atoms with Gasteiger partial charge < -0.3 is 9.47 Å². The van der Waals surface area contributed by atoms with Gasteiger partial charge >= 0.3 is 0 Å². The number of likely N-dealkylation sites (tertiary alicyclic amines) is 1. The van der Waals surface area contributed by atoms with Gasteiger partial charge in [-0.3, -0.25) is 9.58 Å². The molecular formula is C14H23N3O2. The molecule has 1 aromatic heterocycles. The second-order valence-corrected chi connectivity index (χ2v) is 5.80. The lowest BCUT2D eigenvalue weighted by molar-refractivity contribution is -0.190. The van der Waals surface area contributed by atoms with Gasteiger partial charge in [0, 0.05) is 25.2 Å². The maximum Gasteiger partial charge on any atom is 0.181 e. The van der Waals surface area contributed by atoms with Crippen LogP contribution in [-0.2, 0) is 16.0 Å². The number of hydrogen-bond donors (Lipinski definition) is 0. The second-order valence-electron chi connectivity index (χ2n) is 5.80. The van der Waals surface area contributed by atoms with Gasteiger partial charge in [0.15, 0.2) is 5.79 Å². The number of nitrogens with zero attached hydrogens (tertiary/aromatic N) is 3. The standard InChI is InChI=1S/C14H23N3O2/c1-12(2)17-7-4-13(15-17)10-16-6-3-5-14(11-16)18-8-9-19-14/h4,7,12H,3,5-6,8-11H2,1-2H3. The van der Waals surface area contributed by atoms with E-state index in [9.17, 15) is 0 Å². The van der Waals surface area contributed by atoms with E-state index in [1.54, 1.807) is 0 Å². The van der Waals surface area contributed by atoms with Crippen molar-refractivity contribution in [1.82, 2.24) is 14.7 Å². The van der Waals surface area contributed by atoms with E-state index in [1.807, 2.05) is 4.68 Å². The first-order valence-electron chi connectivity index (χ1n) is 7.21. The van der Waals surface area contributed by atoms with Crippen LogP contribution >= 0.6 is 0 Å². The van der Waals surface area contributed by atoms with Gasteiger partial charge in [-0.2, -0.15) is 5.10 Å². The predicted molar refractivity (Wildman–Crippen MR) is 71.8 cm³/mol. The molecular weight excluding hydrogens is 242 g/mol. The smallest absolute Gasteiger partial charge is 0.181 e. The van der Waals surface area contributed by atoms with Crippen LogP contribution in [0.5, 0.6) is 0 Å². The minimum atomic E-state index is -0.334. The normalized spacial score (nSPS) is 23.5. The van der Waals surface area contributed by atoms with Crippen molar-refractivity contribution in [3.05, 3.63) is 18.0 Å². The van der Waals surface area contributed by atoms with Crippen molar-refractivity contribution in [2.24, 2.45) is 0 Å². The van der Waals surface area contributed by atoms with Crippen LogP contribution < -0.4 is 0 Å². The van der Waals surface area contributed by atoms with E-state index < -0.39 is 0 Å². The van der Waals surface area contributed by atoms with E-state index in [2.05, 4.69) is 36.1 Å². The number of rotatable bonds is 3. The summed E-state index contributed by atoms with van der Waals surface area (Å²) >= 11 is 0. The monoisotopic (exact) mass is 265 g/mol. The van der Waals surface area contributed by atoms with Gasteiger partial charge in [-0.05, 0) is 32.9 Å². The lowest BCUT2D eigenvalue weighted by atomic mass is 10.0. The number of ether oxygens (including phenoxy) is 2. The molecule has 19 heavy (non-hydrogen) atoms. The molecule has 3 rings (SSSR count). The van der Waals surface area contributed by atoms with E-state index in [1.165, 1.54) is 0 Å². The minimum Gasteiger partial charge on any atom is -0.346 e. The van der Waals surface area contributed by atoms with E-state index in [0.29, 0.717) is 6.04 Å². The van der Waals surface area contributed by atoms with Gasteiger partial charge in [0.25, 0.3) is 0 Å². The van der Waals surface area contributed by atoms with Crippen LogP contribution in [0, 0.1) is 0 Å². The molecule has 0 aliphatic carbocycles. The first kappa shape index (κ1) is 13.1. The molecule has 0 radical (unpaired) electrons. The fourth-order valence-electron chi connectivity index (χ4n) is 2.92. The van der Waals surface area contributed by atoms with Crippen LogP contribution in [0.25, 0.3) is 0 Å². The molecule has 2 aliphatic rings. The van der Waals surface area contributed by atoms with Crippen LogP contribution in [-0.4, -0.2) is 46.8 Å². The Hall–Kier alpha value is -0.910. The topological polar surface area (TPSA) is 39.5 Å². The summed E-state index contributed by atoms with van der Waals surface area (Å²) in [4.78, 5) is 2.39. The molecule has 5 heteroatoms. The quantitative estimate of drug-likeness (QED) is 0.835. The van der Waals surface area contributed by atoms with Crippen LogP contribution in [0.2, 0.25) is 0 Å². The summed E-state index contributed by atoms with van der Waals surface area (Å²) in [5.74, 6) is -0.334. The van der Waals surface area contributed by atoms with E-state index >= 15 is 0 Å². The lowest BCUT2D eigenvalue weighted by Crippen LogP contribution is -2.48. The average molecular weight is 265 g/mol. The Morgan fingerprint density at radius 3 is 2.84 bits per heavy atom. The Morgan fingerprint density at radius 2 is 2.16 bits per heavy atom. The number of hydrogen-bond acceptors (Lipinski definition) is 4. The van der Waals surface area contributed by atoms with E-state index in [4.69, 9.17) is 9.47 Å². The molecule has 1 spiro atoms. The highest BCUT2D eigenvalue weighted by Crippen LogP contribution is 2.30. The van der Waals surface area contributed by atoms with Gasteiger partial charge in [-0.25, -0.2) is 0 Å². The third-order valence-electron chi connectivity index (χ3n) is 3.89. The Morgan fingerprint density at radius 1 is 1.37 bits per heavy atom. The third kappa shape index (κ3) is 2.83. The predicted octanol–water partition coefficient (Wildman–Crippen LogP) is 1.80. The molecule has 5 nitrogen and oxygen atoms in total. The highest BCUT2D eigenvalue weighted by atomic mass is 16.7. The molecule has 2 saturated heterocycles. The molecule has 0 aromatic carbocycles. The van der Waals surface area contributed by atoms with Gasteiger partial charge in [0.2, 0.25) is 0 Å². The second kappa shape index (κ2) is 5.23. The highest BCUT2D eigenvalue weighted by molar-refractivity contribution is 5.00. The fourth-order valence-corrected chi connectivity index (χ4v) is 2.92. The zero-order valence-corrected chi connectivity index (χ0v) is 11.8. The van der Waals surface area contributed by atoms with Gasteiger partial charge in [-0.15, -0.1) is 0 Å². The summed E-state index contributed by atoms with van der Waals surface area (Å²) in [7, 11) is 0. The molecule has 0 unspecified atom stereocenters. The Bertz CT molecular complexity index is 424. The first-order chi connectivity index (χ1) is 9.17. The molecule has 2 aliphatic heterocycles. The van der Waals surface area contributed by atoms with Crippen LogP contribution in [0.1, 0.15) is 38.4 Å². The summed E-state index contributed by atoms with van der Waals surface area (Å²) in [6.07, 6.45) is 4.21. The molecule has 0 amide bonds. The summed E-state index contributed by atoms with van der Waals surface area (Å²) in [5.41, 5.74) is 1.13. The van der Waals surface area contributed by atoms with E-state index in [-0.39, 0.29) is 5.79 Å². The van der Waals surface area contributed by atoms with Crippen LogP contribution in [0.3, 0.4) is 0 Å². The van der Waals surface area contributed by atoms with Crippen molar-refractivity contribution in [2.75, 3.05) is 26.3 Å². The van der Waals surface area contributed by atoms with Crippen molar-refractivity contribution in [3.63, 3.8) is 0 Å². The Labute approximate surface area is 114 Å². The molecule has 2 fully saturated rings.